The van der Waals surface area contributed by atoms with E-state index in [1.807, 2.05) is 0 Å². The lowest BCUT2D eigenvalue weighted by molar-refractivity contribution is -0.107. The summed E-state index contributed by atoms with van der Waals surface area (Å²) in [6, 6.07) is 4.22. The van der Waals surface area contributed by atoms with Gasteiger partial charge in [-0.3, -0.25) is 0 Å². The highest BCUT2D eigenvalue weighted by atomic mass is 19.1. The zero-order valence-corrected chi connectivity index (χ0v) is 9.03. The van der Waals surface area contributed by atoms with Crippen LogP contribution in [0.3, 0.4) is 0 Å². The summed E-state index contributed by atoms with van der Waals surface area (Å²) in [5.41, 5.74) is 0.702. The molecule has 1 rings (SSSR count). The van der Waals surface area contributed by atoms with E-state index < -0.39 is 11.8 Å². The zero-order chi connectivity index (χ0) is 12.0. The summed E-state index contributed by atoms with van der Waals surface area (Å²) >= 11 is 0. The number of ether oxygens (including phenoxy) is 1. The van der Waals surface area contributed by atoms with Gasteiger partial charge in [-0.25, -0.2) is 9.18 Å². The molecular weight excluding hydrogens is 211 g/mol. The van der Waals surface area contributed by atoms with E-state index in [2.05, 4.69) is 4.74 Å². The Kier molecular flexibility index (Phi) is 4.64. The van der Waals surface area contributed by atoms with Gasteiger partial charge in [-0.15, -0.1) is 0 Å². The number of carbonyl (C=O) groups is 2. The van der Waals surface area contributed by atoms with Gasteiger partial charge in [0.05, 0.1) is 12.7 Å². The predicted molar refractivity (Wildman–Crippen MR) is 56.7 cm³/mol. The second-order valence-electron chi connectivity index (χ2n) is 3.36. The molecule has 0 N–H and O–H groups in total. The summed E-state index contributed by atoms with van der Waals surface area (Å²) in [6.07, 6.45) is 2.32. The van der Waals surface area contributed by atoms with E-state index in [1.54, 1.807) is 6.07 Å². The fourth-order valence-corrected chi connectivity index (χ4v) is 1.37. The maximum Gasteiger partial charge on any atom is 0.337 e. The molecule has 0 aliphatic rings. The Labute approximate surface area is 93.2 Å². The van der Waals surface area contributed by atoms with E-state index in [0.29, 0.717) is 24.8 Å². The fraction of sp³-hybridized carbons (Fsp3) is 0.333. The van der Waals surface area contributed by atoms with Crippen molar-refractivity contribution in [1.29, 1.82) is 0 Å². The Morgan fingerprint density at radius 3 is 2.81 bits per heavy atom. The van der Waals surface area contributed by atoms with Crippen LogP contribution in [0.15, 0.2) is 18.2 Å². The van der Waals surface area contributed by atoms with Gasteiger partial charge in [-0.1, -0.05) is 6.07 Å². The molecule has 0 spiro atoms. The average molecular weight is 224 g/mol. The van der Waals surface area contributed by atoms with Crippen LogP contribution in [0, 0.1) is 5.82 Å². The summed E-state index contributed by atoms with van der Waals surface area (Å²) in [6.45, 7) is 0. The topological polar surface area (TPSA) is 43.4 Å². The maximum atomic E-state index is 13.5. The van der Waals surface area contributed by atoms with E-state index in [1.165, 1.54) is 13.2 Å². The minimum atomic E-state index is -0.557. The third kappa shape index (κ3) is 3.15. The molecule has 0 aliphatic carbocycles. The minimum Gasteiger partial charge on any atom is -0.465 e. The quantitative estimate of drug-likeness (QED) is 0.437. The summed E-state index contributed by atoms with van der Waals surface area (Å²) in [5, 5.41) is 0. The number of hydrogen-bond donors (Lipinski definition) is 0. The van der Waals surface area contributed by atoms with Gasteiger partial charge in [-0.2, -0.15) is 0 Å². The number of aldehydes is 1. The molecule has 0 radical (unpaired) electrons. The lowest BCUT2D eigenvalue weighted by Gasteiger charge is -2.04. The van der Waals surface area contributed by atoms with Crippen molar-refractivity contribution in [1.82, 2.24) is 0 Å². The van der Waals surface area contributed by atoms with Crippen LogP contribution in [0.2, 0.25) is 0 Å². The van der Waals surface area contributed by atoms with Crippen LogP contribution in [0.25, 0.3) is 0 Å². The largest absolute Gasteiger partial charge is 0.465 e. The Morgan fingerprint density at radius 1 is 1.50 bits per heavy atom. The number of esters is 1. The number of hydrogen-bond acceptors (Lipinski definition) is 3. The summed E-state index contributed by atoms with van der Waals surface area (Å²) in [4.78, 5) is 21.2. The fourth-order valence-electron chi connectivity index (χ4n) is 1.37. The first-order valence-electron chi connectivity index (χ1n) is 4.99. The van der Waals surface area contributed by atoms with Crippen molar-refractivity contribution >= 4 is 12.3 Å². The molecule has 0 heterocycles. The molecule has 4 heteroatoms. The smallest absolute Gasteiger partial charge is 0.337 e. The number of carbonyl (C=O) groups excluding carboxylic acids is 2. The van der Waals surface area contributed by atoms with Gasteiger partial charge in [0.15, 0.2) is 0 Å². The van der Waals surface area contributed by atoms with Crippen LogP contribution in [-0.2, 0) is 16.0 Å². The Morgan fingerprint density at radius 2 is 2.25 bits per heavy atom. The molecule has 1 aromatic carbocycles. The number of unbranched alkanes of at least 4 members (excludes halogenated alkanes) is 1. The molecule has 0 atom stereocenters. The van der Waals surface area contributed by atoms with Crippen LogP contribution >= 0.6 is 0 Å². The molecule has 0 aliphatic heterocycles. The van der Waals surface area contributed by atoms with Crippen molar-refractivity contribution < 1.29 is 18.7 Å². The van der Waals surface area contributed by atoms with Gasteiger partial charge < -0.3 is 9.53 Å². The van der Waals surface area contributed by atoms with Gasteiger partial charge in [0.25, 0.3) is 0 Å². The number of rotatable bonds is 5. The molecule has 86 valence electrons. The van der Waals surface area contributed by atoms with Crippen LogP contribution < -0.4 is 0 Å². The first kappa shape index (κ1) is 12.4. The summed E-state index contributed by atoms with van der Waals surface area (Å²) in [5.74, 6) is -0.993. The lowest BCUT2D eigenvalue weighted by atomic mass is 10.1. The molecule has 0 unspecified atom stereocenters. The second-order valence-corrected chi connectivity index (χ2v) is 3.36. The van der Waals surface area contributed by atoms with Crippen molar-refractivity contribution in [3.05, 3.63) is 35.1 Å². The zero-order valence-electron chi connectivity index (χ0n) is 9.03. The highest BCUT2D eigenvalue weighted by molar-refractivity contribution is 5.89. The molecular formula is C12H13FO3. The SMILES string of the molecule is COC(=O)c1ccc(CCCC=O)c(F)c1. The van der Waals surface area contributed by atoms with Crippen molar-refractivity contribution in [2.45, 2.75) is 19.3 Å². The Balaban J connectivity index is 2.75. The number of aryl methyl sites for hydroxylation is 1. The van der Waals surface area contributed by atoms with E-state index in [-0.39, 0.29) is 5.56 Å². The molecule has 0 bridgehead atoms. The first-order chi connectivity index (χ1) is 7.69. The number of benzene rings is 1. The van der Waals surface area contributed by atoms with Gasteiger partial charge in [0.1, 0.15) is 12.1 Å². The lowest BCUT2D eigenvalue weighted by Crippen LogP contribution is -2.03. The molecule has 0 fully saturated rings. The third-order valence-electron chi connectivity index (χ3n) is 2.24. The molecule has 3 nitrogen and oxygen atoms in total. The second kappa shape index (κ2) is 6.00. The summed E-state index contributed by atoms with van der Waals surface area (Å²) in [7, 11) is 1.25. The van der Waals surface area contributed by atoms with Crippen LogP contribution in [0.4, 0.5) is 4.39 Å². The molecule has 0 saturated heterocycles. The standard InChI is InChI=1S/C12H13FO3/c1-16-12(15)10-6-5-9(11(13)8-10)4-2-3-7-14/h5-8H,2-4H2,1H3. The van der Waals surface area contributed by atoms with E-state index in [0.717, 1.165) is 12.4 Å². The van der Waals surface area contributed by atoms with Gasteiger partial charge in [0.2, 0.25) is 0 Å². The van der Waals surface area contributed by atoms with Crippen molar-refractivity contribution in [3.63, 3.8) is 0 Å². The Hall–Kier alpha value is -1.71. The highest BCUT2D eigenvalue weighted by Gasteiger charge is 2.09. The van der Waals surface area contributed by atoms with Crippen LogP contribution in [0.1, 0.15) is 28.8 Å². The van der Waals surface area contributed by atoms with Crippen LogP contribution in [0.5, 0.6) is 0 Å². The third-order valence-corrected chi connectivity index (χ3v) is 2.24. The van der Waals surface area contributed by atoms with E-state index in [9.17, 15) is 14.0 Å². The van der Waals surface area contributed by atoms with Gasteiger partial charge in [0, 0.05) is 6.42 Å². The summed E-state index contributed by atoms with van der Waals surface area (Å²) < 4.78 is 18.0. The highest BCUT2D eigenvalue weighted by Crippen LogP contribution is 2.13. The van der Waals surface area contributed by atoms with E-state index in [4.69, 9.17) is 0 Å². The Bertz CT molecular complexity index is 388. The normalized spacial score (nSPS) is 9.88. The molecule has 0 saturated carbocycles. The molecule has 1 aromatic rings. The first-order valence-corrected chi connectivity index (χ1v) is 4.99. The number of methoxy groups -OCH3 is 1. The monoisotopic (exact) mass is 224 g/mol. The van der Waals surface area contributed by atoms with Crippen molar-refractivity contribution in [2.24, 2.45) is 0 Å². The maximum absolute atomic E-state index is 13.5. The number of halogens is 1. The minimum absolute atomic E-state index is 0.194. The van der Waals surface area contributed by atoms with E-state index >= 15 is 0 Å². The van der Waals surface area contributed by atoms with Crippen molar-refractivity contribution in [2.75, 3.05) is 7.11 Å². The molecule has 16 heavy (non-hydrogen) atoms. The van der Waals surface area contributed by atoms with Gasteiger partial charge >= 0.3 is 5.97 Å². The average Bonchev–Trinajstić information content (AvgIpc) is 2.30. The molecule has 0 amide bonds. The van der Waals surface area contributed by atoms with Crippen LogP contribution in [-0.4, -0.2) is 19.4 Å². The predicted octanol–water partition coefficient (Wildman–Crippen LogP) is 2.13. The molecule has 0 aromatic heterocycles. The van der Waals surface area contributed by atoms with Crippen molar-refractivity contribution in [3.8, 4) is 0 Å². The van der Waals surface area contributed by atoms with Gasteiger partial charge in [-0.05, 0) is 30.5 Å².